The number of aliphatic imine (C=N–C) groups is 1. The van der Waals surface area contributed by atoms with Gasteiger partial charge in [0.1, 0.15) is 12.4 Å². The van der Waals surface area contributed by atoms with Gasteiger partial charge in [-0.2, -0.15) is 0 Å². The summed E-state index contributed by atoms with van der Waals surface area (Å²) in [6, 6.07) is 10.9. The molecular weight excluding hydrogens is 412 g/mol. The molecular formula is C23H34N4O3S. The van der Waals surface area contributed by atoms with E-state index in [-0.39, 0.29) is 0 Å². The number of nitrogens with one attached hydrogen (secondary N) is 2. The van der Waals surface area contributed by atoms with Crippen LogP contribution in [0.25, 0.3) is 0 Å². The zero-order valence-electron chi connectivity index (χ0n) is 18.7. The molecule has 31 heavy (non-hydrogen) atoms. The number of hydrogen-bond donors (Lipinski definition) is 2. The topological polar surface area (TPSA) is 67.4 Å². The first-order chi connectivity index (χ1) is 15.2. The quantitative estimate of drug-likeness (QED) is 0.332. The molecule has 1 unspecified atom stereocenters. The molecule has 2 heterocycles. The number of methoxy groups -OCH3 is 1. The second-order valence-electron chi connectivity index (χ2n) is 7.44. The van der Waals surface area contributed by atoms with E-state index < -0.39 is 0 Å². The van der Waals surface area contributed by atoms with Crippen molar-refractivity contribution < 1.29 is 14.2 Å². The van der Waals surface area contributed by atoms with E-state index in [1.54, 1.807) is 25.5 Å². The summed E-state index contributed by atoms with van der Waals surface area (Å²) in [7, 11) is 3.48. The van der Waals surface area contributed by atoms with Crippen LogP contribution in [0.3, 0.4) is 0 Å². The number of ether oxygens (including phenoxy) is 3. The standard InChI is InChI=1S/C23H34N4O3S/c1-18-6-7-19(21(15-18)30-13-12-28-3)16-25-23(24-2)26-17-20(22-5-4-14-31-22)27-8-10-29-11-9-27/h4-7,14-15,20H,8-13,16-17H2,1-3H3,(H2,24,25,26). The number of morpholine rings is 1. The van der Waals surface area contributed by atoms with Crippen LogP contribution in [0.1, 0.15) is 22.0 Å². The predicted octanol–water partition coefficient (Wildman–Crippen LogP) is 2.82. The number of thiophene rings is 1. The van der Waals surface area contributed by atoms with E-state index in [0.29, 0.717) is 25.8 Å². The van der Waals surface area contributed by atoms with Crippen LogP contribution in [0.4, 0.5) is 0 Å². The highest BCUT2D eigenvalue weighted by Gasteiger charge is 2.23. The Hall–Kier alpha value is -2.13. The monoisotopic (exact) mass is 446 g/mol. The summed E-state index contributed by atoms with van der Waals surface area (Å²) in [4.78, 5) is 8.26. The molecule has 0 spiro atoms. The lowest BCUT2D eigenvalue weighted by Gasteiger charge is -2.34. The zero-order chi connectivity index (χ0) is 21.9. The fourth-order valence-corrected chi connectivity index (χ4v) is 4.41. The molecule has 1 aliphatic heterocycles. The number of guanidine groups is 1. The summed E-state index contributed by atoms with van der Waals surface area (Å²) in [6.45, 7) is 8.04. The van der Waals surface area contributed by atoms with Crippen molar-refractivity contribution in [3.8, 4) is 5.75 Å². The smallest absolute Gasteiger partial charge is 0.191 e. The molecule has 8 heteroatoms. The molecule has 1 fully saturated rings. The summed E-state index contributed by atoms with van der Waals surface area (Å²) < 4.78 is 16.6. The van der Waals surface area contributed by atoms with Crippen LogP contribution in [0, 0.1) is 6.92 Å². The van der Waals surface area contributed by atoms with Crippen LogP contribution >= 0.6 is 11.3 Å². The Morgan fingerprint density at radius 2 is 2.06 bits per heavy atom. The maximum Gasteiger partial charge on any atom is 0.191 e. The molecule has 1 saturated heterocycles. The fraction of sp³-hybridized carbons (Fsp3) is 0.522. The van der Waals surface area contributed by atoms with E-state index >= 15 is 0 Å². The largest absolute Gasteiger partial charge is 0.491 e. The zero-order valence-corrected chi connectivity index (χ0v) is 19.5. The van der Waals surface area contributed by atoms with Crippen LogP contribution in [0.15, 0.2) is 40.7 Å². The maximum absolute atomic E-state index is 5.91. The van der Waals surface area contributed by atoms with Gasteiger partial charge in [0.25, 0.3) is 0 Å². The van der Waals surface area contributed by atoms with E-state index in [0.717, 1.165) is 50.1 Å². The van der Waals surface area contributed by atoms with Crippen LogP contribution < -0.4 is 15.4 Å². The molecule has 3 rings (SSSR count). The highest BCUT2D eigenvalue weighted by molar-refractivity contribution is 7.10. The first-order valence-electron chi connectivity index (χ1n) is 10.7. The van der Waals surface area contributed by atoms with E-state index in [4.69, 9.17) is 14.2 Å². The van der Waals surface area contributed by atoms with Gasteiger partial charge in [-0.25, -0.2) is 0 Å². The second-order valence-corrected chi connectivity index (χ2v) is 8.42. The van der Waals surface area contributed by atoms with E-state index in [1.807, 2.05) is 0 Å². The van der Waals surface area contributed by atoms with Crippen molar-refractivity contribution in [2.24, 2.45) is 4.99 Å². The first-order valence-corrected chi connectivity index (χ1v) is 11.6. The van der Waals surface area contributed by atoms with Crippen molar-refractivity contribution in [2.75, 3.05) is 60.2 Å². The lowest BCUT2D eigenvalue weighted by Crippen LogP contribution is -2.46. The van der Waals surface area contributed by atoms with Gasteiger partial charge in [-0.15, -0.1) is 11.3 Å². The van der Waals surface area contributed by atoms with E-state index in [2.05, 4.69) is 63.2 Å². The van der Waals surface area contributed by atoms with E-state index in [9.17, 15) is 0 Å². The molecule has 1 aromatic heterocycles. The third-order valence-electron chi connectivity index (χ3n) is 5.26. The number of rotatable bonds is 10. The Balaban J connectivity index is 1.59. The Bertz CT molecular complexity index is 807. The molecule has 0 bridgehead atoms. The predicted molar refractivity (Wildman–Crippen MR) is 126 cm³/mol. The third-order valence-corrected chi connectivity index (χ3v) is 6.23. The van der Waals surface area contributed by atoms with E-state index in [1.165, 1.54) is 10.4 Å². The second kappa shape index (κ2) is 12.7. The van der Waals surface area contributed by atoms with Crippen molar-refractivity contribution in [1.29, 1.82) is 0 Å². The number of nitrogens with zero attached hydrogens (tertiary/aromatic N) is 2. The molecule has 0 aliphatic carbocycles. The van der Waals surface area contributed by atoms with Gasteiger partial charge < -0.3 is 24.8 Å². The summed E-state index contributed by atoms with van der Waals surface area (Å²) >= 11 is 1.80. The lowest BCUT2D eigenvalue weighted by molar-refractivity contribution is 0.0177. The summed E-state index contributed by atoms with van der Waals surface area (Å²) in [5.74, 6) is 1.66. The highest BCUT2D eigenvalue weighted by atomic mass is 32.1. The Kier molecular flexibility index (Phi) is 9.61. The average Bonchev–Trinajstić information content (AvgIpc) is 3.32. The minimum absolute atomic E-state index is 0.301. The van der Waals surface area contributed by atoms with Gasteiger partial charge >= 0.3 is 0 Å². The average molecular weight is 447 g/mol. The van der Waals surface area contributed by atoms with Gasteiger partial charge in [0.05, 0.1) is 25.9 Å². The maximum atomic E-state index is 5.91. The Labute approximate surface area is 189 Å². The molecule has 1 aliphatic rings. The fourth-order valence-electron chi connectivity index (χ4n) is 3.55. The third kappa shape index (κ3) is 7.21. The molecule has 1 atom stereocenters. The number of hydrogen-bond acceptors (Lipinski definition) is 6. The summed E-state index contributed by atoms with van der Waals surface area (Å²) in [5, 5.41) is 9.08. The van der Waals surface area contributed by atoms with Gasteiger partial charge in [0.15, 0.2) is 5.96 Å². The van der Waals surface area contributed by atoms with Crippen molar-refractivity contribution in [3.05, 3.63) is 51.7 Å². The van der Waals surface area contributed by atoms with Gasteiger partial charge in [-0.05, 0) is 30.0 Å². The van der Waals surface area contributed by atoms with Gasteiger partial charge in [-0.3, -0.25) is 9.89 Å². The Morgan fingerprint density at radius 3 is 2.77 bits per heavy atom. The molecule has 2 N–H and O–H groups in total. The van der Waals surface area contributed by atoms with Crippen LogP contribution in [0.2, 0.25) is 0 Å². The normalized spacial score (nSPS) is 16.2. The summed E-state index contributed by atoms with van der Waals surface area (Å²) in [5.41, 5.74) is 2.26. The van der Waals surface area contributed by atoms with Crippen LogP contribution in [-0.2, 0) is 16.0 Å². The minimum atomic E-state index is 0.301. The van der Waals surface area contributed by atoms with Crippen molar-refractivity contribution >= 4 is 17.3 Å². The van der Waals surface area contributed by atoms with Crippen LogP contribution in [-0.4, -0.2) is 71.1 Å². The van der Waals surface area contributed by atoms with Gasteiger partial charge in [0, 0.05) is 50.8 Å². The number of aryl methyl sites for hydroxylation is 1. The highest BCUT2D eigenvalue weighted by Crippen LogP contribution is 2.25. The Morgan fingerprint density at radius 1 is 1.23 bits per heavy atom. The van der Waals surface area contributed by atoms with Crippen LogP contribution in [0.5, 0.6) is 5.75 Å². The van der Waals surface area contributed by atoms with Gasteiger partial charge in [0.2, 0.25) is 0 Å². The van der Waals surface area contributed by atoms with Gasteiger partial charge in [-0.1, -0.05) is 18.2 Å². The molecule has 1 aromatic carbocycles. The molecule has 170 valence electrons. The van der Waals surface area contributed by atoms with Crippen molar-refractivity contribution in [3.63, 3.8) is 0 Å². The molecule has 0 saturated carbocycles. The SMILES string of the molecule is CN=C(NCc1ccc(C)cc1OCCOC)NCC(c1cccs1)N1CCOCC1. The van der Waals surface area contributed by atoms with Crippen molar-refractivity contribution in [2.45, 2.75) is 19.5 Å². The first kappa shape index (κ1) is 23.5. The molecule has 2 aromatic rings. The van der Waals surface area contributed by atoms with Crippen molar-refractivity contribution in [1.82, 2.24) is 15.5 Å². The summed E-state index contributed by atoms with van der Waals surface area (Å²) in [6.07, 6.45) is 0. The minimum Gasteiger partial charge on any atom is -0.491 e. The number of benzene rings is 1. The molecule has 0 radical (unpaired) electrons. The molecule has 7 nitrogen and oxygen atoms in total. The molecule has 0 amide bonds. The lowest BCUT2D eigenvalue weighted by atomic mass is 10.1.